The smallest absolute Gasteiger partial charge is 0.306 e. The van der Waals surface area contributed by atoms with Crippen LogP contribution >= 0.6 is 23.2 Å². The van der Waals surface area contributed by atoms with Crippen molar-refractivity contribution in [1.29, 1.82) is 0 Å². The highest BCUT2D eigenvalue weighted by Crippen LogP contribution is 2.41. The first-order valence-electron chi connectivity index (χ1n) is 12.6. The van der Waals surface area contributed by atoms with Crippen LogP contribution in [0.15, 0.2) is 42.7 Å². The number of halogens is 2. The maximum absolute atomic E-state index is 11.1. The summed E-state index contributed by atoms with van der Waals surface area (Å²) in [5.41, 5.74) is 2.35. The Morgan fingerprint density at radius 2 is 1.97 bits per heavy atom. The molecule has 0 unspecified atom stereocenters. The third kappa shape index (κ3) is 5.89. The number of hydrogen-bond acceptors (Lipinski definition) is 7. The topological polar surface area (TPSA) is 109 Å². The Kier molecular flexibility index (Phi) is 7.55. The monoisotopic (exact) mass is 570 g/mol. The first kappa shape index (κ1) is 27.0. The van der Waals surface area contributed by atoms with Crippen LogP contribution in [-0.4, -0.2) is 49.9 Å². The van der Waals surface area contributed by atoms with Crippen molar-refractivity contribution in [2.75, 3.05) is 13.7 Å². The molecule has 9 nitrogen and oxygen atoms in total. The molecule has 204 valence electrons. The highest BCUT2D eigenvalue weighted by Gasteiger charge is 2.41. The molecule has 5 rings (SSSR count). The molecular weight excluding hydrogens is 543 g/mol. The third-order valence-electron chi connectivity index (χ3n) is 6.79. The second kappa shape index (κ2) is 10.9. The van der Waals surface area contributed by atoms with Gasteiger partial charge >= 0.3 is 5.97 Å². The van der Waals surface area contributed by atoms with Crippen LogP contribution in [-0.2, 0) is 11.3 Å². The Hall–Kier alpha value is -3.56. The average molecular weight is 571 g/mol. The maximum Gasteiger partial charge on any atom is 0.306 e. The minimum atomic E-state index is -0.857. The van der Waals surface area contributed by atoms with Crippen LogP contribution in [0.25, 0.3) is 22.6 Å². The van der Waals surface area contributed by atoms with Crippen molar-refractivity contribution in [3.8, 4) is 28.8 Å². The van der Waals surface area contributed by atoms with Crippen LogP contribution in [0, 0.1) is 5.92 Å². The lowest BCUT2D eigenvalue weighted by molar-refractivity contribution is -0.141. The minimum Gasteiger partial charge on any atom is -0.496 e. The maximum atomic E-state index is 11.1. The Morgan fingerprint density at radius 3 is 2.67 bits per heavy atom. The molecule has 2 heterocycles. The zero-order valence-electron chi connectivity index (χ0n) is 21.8. The molecule has 0 bridgehead atoms. The Balaban J connectivity index is 1.55. The van der Waals surface area contributed by atoms with E-state index in [2.05, 4.69) is 9.97 Å². The lowest BCUT2D eigenvalue weighted by Gasteiger charge is -2.14. The number of carboxylic acids is 1. The molecule has 0 amide bonds. The summed E-state index contributed by atoms with van der Waals surface area (Å²) in [7, 11) is 1.61. The lowest BCUT2D eigenvalue weighted by atomic mass is 10.1. The SMILES string of the molecule is COc1ccc(Cl)cc1Cn1c(-c2ccc(OCC[C@@H](C)C(=O)O)cc2Cl)nc2c(OC3(C)CC3)ncnc21. The van der Waals surface area contributed by atoms with E-state index in [1.165, 1.54) is 6.33 Å². The number of benzene rings is 2. The first-order valence-corrected chi connectivity index (χ1v) is 13.3. The van der Waals surface area contributed by atoms with Gasteiger partial charge in [-0.25, -0.2) is 9.97 Å². The number of nitrogens with zero attached hydrogens (tertiary/aromatic N) is 4. The number of aliphatic carboxylic acids is 1. The van der Waals surface area contributed by atoms with Gasteiger partial charge in [0.05, 0.1) is 31.2 Å². The molecule has 2 aromatic heterocycles. The molecule has 1 aliphatic rings. The Labute approximate surface area is 235 Å². The summed E-state index contributed by atoms with van der Waals surface area (Å²) in [6.45, 7) is 4.30. The highest BCUT2D eigenvalue weighted by atomic mass is 35.5. The minimum absolute atomic E-state index is 0.254. The number of rotatable bonds is 11. The second-order valence-corrected chi connectivity index (χ2v) is 10.7. The van der Waals surface area contributed by atoms with Crippen LogP contribution in [0.3, 0.4) is 0 Å². The third-order valence-corrected chi connectivity index (χ3v) is 7.34. The van der Waals surface area contributed by atoms with Gasteiger partial charge in [0.1, 0.15) is 29.3 Å². The van der Waals surface area contributed by atoms with Gasteiger partial charge in [0, 0.05) is 16.1 Å². The van der Waals surface area contributed by atoms with E-state index < -0.39 is 11.9 Å². The van der Waals surface area contributed by atoms with E-state index >= 15 is 0 Å². The molecule has 2 aromatic carbocycles. The summed E-state index contributed by atoms with van der Waals surface area (Å²) < 4.78 is 19.5. The standard InChI is InChI=1S/C28H28Cl2N4O5/c1-16(27(35)36)8-11-38-19-5-6-20(21(30)13-19)24-33-23-25(31-15-32-26(23)39-28(2)9-10-28)34(24)14-17-12-18(29)4-7-22(17)37-3/h4-7,12-13,15-16H,8-11,14H2,1-3H3,(H,35,36)/t16-/m1/s1. The van der Waals surface area contributed by atoms with Gasteiger partial charge in [0.15, 0.2) is 11.2 Å². The van der Waals surface area contributed by atoms with E-state index in [9.17, 15) is 4.79 Å². The summed E-state index contributed by atoms with van der Waals surface area (Å²) in [6.07, 6.45) is 3.75. The first-order chi connectivity index (χ1) is 18.7. The van der Waals surface area contributed by atoms with E-state index in [0.717, 1.165) is 18.4 Å². The second-order valence-electron chi connectivity index (χ2n) is 9.90. The molecule has 0 spiro atoms. The molecule has 39 heavy (non-hydrogen) atoms. The number of hydrogen-bond donors (Lipinski definition) is 1. The highest BCUT2D eigenvalue weighted by molar-refractivity contribution is 6.33. The van der Waals surface area contributed by atoms with Gasteiger partial charge in [-0.05, 0) is 62.6 Å². The summed E-state index contributed by atoms with van der Waals surface area (Å²) in [5.74, 6) is 0.832. The number of carboxylic acid groups (broad SMARTS) is 1. The fraction of sp³-hybridized carbons (Fsp3) is 0.357. The average Bonchev–Trinajstić information content (AvgIpc) is 3.52. The van der Waals surface area contributed by atoms with Crippen molar-refractivity contribution in [2.24, 2.45) is 5.92 Å². The van der Waals surface area contributed by atoms with Crippen LogP contribution in [0.5, 0.6) is 17.4 Å². The van der Waals surface area contributed by atoms with Crippen LogP contribution in [0.2, 0.25) is 10.0 Å². The summed E-state index contributed by atoms with van der Waals surface area (Å²) in [4.78, 5) is 24.9. The van der Waals surface area contributed by atoms with E-state index in [4.69, 9.17) is 47.5 Å². The van der Waals surface area contributed by atoms with Crippen molar-refractivity contribution in [3.63, 3.8) is 0 Å². The Bertz CT molecular complexity index is 1540. The van der Waals surface area contributed by atoms with Gasteiger partial charge in [-0.1, -0.05) is 30.1 Å². The van der Waals surface area contributed by atoms with Gasteiger partial charge in [0.2, 0.25) is 5.88 Å². The largest absolute Gasteiger partial charge is 0.496 e. The van der Waals surface area contributed by atoms with Crippen LogP contribution in [0.4, 0.5) is 0 Å². The molecule has 0 saturated heterocycles. The van der Waals surface area contributed by atoms with Gasteiger partial charge in [-0.2, -0.15) is 4.98 Å². The summed E-state index contributed by atoms with van der Waals surface area (Å²) in [5, 5.41) is 10.1. The molecule has 4 aromatic rings. The number of fused-ring (bicyclic) bond motifs is 1. The van der Waals surface area contributed by atoms with Crippen molar-refractivity contribution in [3.05, 3.63) is 58.3 Å². The van der Waals surface area contributed by atoms with Gasteiger partial charge in [-0.15, -0.1) is 0 Å². The zero-order chi connectivity index (χ0) is 27.7. The molecule has 0 aliphatic heterocycles. The number of carbonyl (C=O) groups is 1. The van der Waals surface area contributed by atoms with Crippen molar-refractivity contribution in [1.82, 2.24) is 19.5 Å². The van der Waals surface area contributed by atoms with Crippen LogP contribution < -0.4 is 14.2 Å². The summed E-state index contributed by atoms with van der Waals surface area (Å²) >= 11 is 13.1. The number of ether oxygens (including phenoxy) is 3. The molecule has 11 heteroatoms. The van der Waals surface area contributed by atoms with Gasteiger partial charge in [0.25, 0.3) is 0 Å². The molecule has 0 radical (unpaired) electrons. The fourth-order valence-electron chi connectivity index (χ4n) is 4.14. The predicted molar refractivity (Wildman–Crippen MR) is 148 cm³/mol. The molecule has 1 saturated carbocycles. The normalized spacial score (nSPS) is 14.7. The number of aromatic nitrogens is 4. The lowest BCUT2D eigenvalue weighted by Crippen LogP contribution is -2.13. The number of methoxy groups -OCH3 is 1. The fourth-order valence-corrected chi connectivity index (χ4v) is 4.59. The molecule has 1 fully saturated rings. The molecular formula is C28H28Cl2N4O5. The van der Waals surface area contributed by atoms with Crippen molar-refractivity contribution >= 4 is 40.3 Å². The van der Waals surface area contributed by atoms with E-state index in [1.54, 1.807) is 32.2 Å². The van der Waals surface area contributed by atoms with Gasteiger partial charge in [-0.3, -0.25) is 4.79 Å². The van der Waals surface area contributed by atoms with Crippen molar-refractivity contribution in [2.45, 2.75) is 45.3 Å². The predicted octanol–water partition coefficient (Wildman–Crippen LogP) is 6.28. The zero-order valence-corrected chi connectivity index (χ0v) is 23.3. The molecule has 1 atom stereocenters. The summed E-state index contributed by atoms with van der Waals surface area (Å²) in [6, 6.07) is 10.7. The van der Waals surface area contributed by atoms with Crippen molar-refractivity contribution < 1.29 is 24.1 Å². The van der Waals surface area contributed by atoms with E-state index in [0.29, 0.717) is 62.9 Å². The van der Waals surface area contributed by atoms with E-state index in [-0.39, 0.29) is 12.2 Å². The van der Waals surface area contributed by atoms with Crippen LogP contribution in [0.1, 0.15) is 38.7 Å². The number of imidazole rings is 1. The Morgan fingerprint density at radius 1 is 1.18 bits per heavy atom. The van der Waals surface area contributed by atoms with Gasteiger partial charge < -0.3 is 23.9 Å². The van der Waals surface area contributed by atoms with E-state index in [1.807, 2.05) is 29.7 Å². The molecule has 1 aliphatic carbocycles. The quantitative estimate of drug-likeness (QED) is 0.224. The molecule has 1 N–H and O–H groups in total.